The van der Waals surface area contributed by atoms with Crippen LogP contribution in [0.25, 0.3) is 11.1 Å². The Kier molecular flexibility index (Phi) is 4.80. The maximum Gasteiger partial charge on any atom is 0.118 e. The molecule has 0 aliphatic heterocycles. The Morgan fingerprint density at radius 2 is 1.40 bits per heavy atom. The molecule has 0 bridgehead atoms. The lowest BCUT2D eigenvalue weighted by atomic mass is 9.96. The average molecular weight is 269 g/mol. The third-order valence-electron chi connectivity index (χ3n) is 3.70. The van der Waals surface area contributed by atoms with Crippen molar-refractivity contribution in [3.63, 3.8) is 0 Å². The molecule has 0 saturated heterocycles. The van der Waals surface area contributed by atoms with Gasteiger partial charge in [-0.15, -0.1) is 0 Å². The van der Waals surface area contributed by atoms with Gasteiger partial charge in [0.1, 0.15) is 5.75 Å². The van der Waals surface area contributed by atoms with Crippen molar-refractivity contribution in [1.29, 1.82) is 0 Å². The molecule has 1 unspecified atom stereocenters. The van der Waals surface area contributed by atoms with E-state index < -0.39 is 0 Å². The van der Waals surface area contributed by atoms with E-state index in [9.17, 15) is 0 Å². The summed E-state index contributed by atoms with van der Waals surface area (Å²) in [6.45, 7) is 4.33. The SMILES string of the molecule is COc1ccc(-c2ccc(CC(N)C(C)C)cc2)cc1. The lowest BCUT2D eigenvalue weighted by Crippen LogP contribution is -2.28. The number of rotatable bonds is 5. The van der Waals surface area contributed by atoms with E-state index in [1.807, 2.05) is 12.1 Å². The highest BCUT2D eigenvalue weighted by molar-refractivity contribution is 5.64. The van der Waals surface area contributed by atoms with Gasteiger partial charge < -0.3 is 10.5 Å². The van der Waals surface area contributed by atoms with E-state index in [0.717, 1.165) is 12.2 Å². The minimum Gasteiger partial charge on any atom is -0.497 e. The molecule has 0 fully saturated rings. The molecule has 0 saturated carbocycles. The van der Waals surface area contributed by atoms with Gasteiger partial charge in [-0.25, -0.2) is 0 Å². The van der Waals surface area contributed by atoms with Gasteiger partial charge in [0.2, 0.25) is 0 Å². The third-order valence-corrected chi connectivity index (χ3v) is 3.70. The molecule has 0 aliphatic carbocycles. The normalized spacial score (nSPS) is 12.4. The van der Waals surface area contributed by atoms with Gasteiger partial charge in [-0.3, -0.25) is 0 Å². The summed E-state index contributed by atoms with van der Waals surface area (Å²) < 4.78 is 5.18. The van der Waals surface area contributed by atoms with Crippen molar-refractivity contribution in [2.24, 2.45) is 11.7 Å². The predicted octanol–water partition coefficient (Wildman–Crippen LogP) is 3.89. The molecule has 0 radical (unpaired) electrons. The Morgan fingerprint density at radius 3 is 1.85 bits per heavy atom. The monoisotopic (exact) mass is 269 g/mol. The van der Waals surface area contributed by atoms with Crippen LogP contribution in [-0.2, 0) is 6.42 Å². The second-order valence-corrected chi connectivity index (χ2v) is 5.54. The van der Waals surface area contributed by atoms with Gasteiger partial charge in [0.15, 0.2) is 0 Å². The molecular weight excluding hydrogens is 246 g/mol. The molecule has 106 valence electrons. The minimum atomic E-state index is 0.224. The number of hydrogen-bond donors (Lipinski definition) is 1. The van der Waals surface area contributed by atoms with E-state index >= 15 is 0 Å². The van der Waals surface area contributed by atoms with Crippen LogP contribution in [0.2, 0.25) is 0 Å². The summed E-state index contributed by atoms with van der Waals surface area (Å²) in [6, 6.07) is 17.0. The fourth-order valence-electron chi connectivity index (χ4n) is 2.12. The van der Waals surface area contributed by atoms with E-state index in [-0.39, 0.29) is 6.04 Å². The van der Waals surface area contributed by atoms with Gasteiger partial charge in [0.05, 0.1) is 7.11 Å². The molecule has 0 amide bonds. The number of methoxy groups -OCH3 is 1. The third kappa shape index (κ3) is 3.61. The first-order valence-corrected chi connectivity index (χ1v) is 7.09. The first kappa shape index (κ1) is 14.6. The Bertz CT molecular complexity index is 528. The number of benzene rings is 2. The van der Waals surface area contributed by atoms with Crippen molar-refractivity contribution in [3.8, 4) is 16.9 Å². The highest BCUT2D eigenvalue weighted by Crippen LogP contribution is 2.23. The topological polar surface area (TPSA) is 35.2 Å². The maximum atomic E-state index is 6.12. The Morgan fingerprint density at radius 1 is 0.900 bits per heavy atom. The lowest BCUT2D eigenvalue weighted by Gasteiger charge is -2.15. The highest BCUT2D eigenvalue weighted by atomic mass is 16.5. The van der Waals surface area contributed by atoms with Crippen molar-refractivity contribution in [3.05, 3.63) is 54.1 Å². The fraction of sp³-hybridized carbons (Fsp3) is 0.333. The van der Waals surface area contributed by atoms with Crippen LogP contribution in [0, 0.1) is 5.92 Å². The first-order valence-electron chi connectivity index (χ1n) is 7.09. The second kappa shape index (κ2) is 6.58. The van der Waals surface area contributed by atoms with Crippen molar-refractivity contribution < 1.29 is 4.74 Å². The summed E-state index contributed by atoms with van der Waals surface area (Å²) in [6.07, 6.45) is 0.931. The van der Waals surface area contributed by atoms with Crippen molar-refractivity contribution in [1.82, 2.24) is 0 Å². The molecule has 2 aromatic rings. The van der Waals surface area contributed by atoms with Gasteiger partial charge in [0, 0.05) is 6.04 Å². The van der Waals surface area contributed by atoms with Crippen LogP contribution in [0.3, 0.4) is 0 Å². The van der Waals surface area contributed by atoms with Crippen LogP contribution in [0.4, 0.5) is 0 Å². The fourth-order valence-corrected chi connectivity index (χ4v) is 2.12. The zero-order valence-electron chi connectivity index (χ0n) is 12.5. The molecule has 0 aromatic heterocycles. The zero-order chi connectivity index (χ0) is 14.5. The molecule has 0 spiro atoms. The number of nitrogens with two attached hydrogens (primary N) is 1. The molecule has 2 N–H and O–H groups in total. The van der Waals surface area contributed by atoms with Gasteiger partial charge in [0.25, 0.3) is 0 Å². The van der Waals surface area contributed by atoms with Gasteiger partial charge >= 0.3 is 0 Å². The molecular formula is C18H23NO. The number of hydrogen-bond acceptors (Lipinski definition) is 2. The summed E-state index contributed by atoms with van der Waals surface area (Å²) in [5.74, 6) is 1.39. The molecule has 2 heteroatoms. The molecule has 2 aromatic carbocycles. The van der Waals surface area contributed by atoms with Crippen LogP contribution in [-0.4, -0.2) is 13.2 Å². The lowest BCUT2D eigenvalue weighted by molar-refractivity contribution is 0.415. The first-order chi connectivity index (χ1) is 9.60. The smallest absolute Gasteiger partial charge is 0.118 e. The van der Waals surface area contributed by atoms with E-state index in [2.05, 4.69) is 50.2 Å². The predicted molar refractivity (Wildman–Crippen MR) is 84.9 cm³/mol. The Hall–Kier alpha value is -1.80. The van der Waals surface area contributed by atoms with E-state index in [0.29, 0.717) is 5.92 Å². The molecule has 20 heavy (non-hydrogen) atoms. The number of ether oxygens (including phenoxy) is 1. The minimum absolute atomic E-state index is 0.224. The van der Waals surface area contributed by atoms with Gasteiger partial charge in [-0.1, -0.05) is 50.2 Å². The van der Waals surface area contributed by atoms with Crippen LogP contribution in [0.15, 0.2) is 48.5 Å². The highest BCUT2D eigenvalue weighted by Gasteiger charge is 2.08. The maximum absolute atomic E-state index is 6.12. The van der Waals surface area contributed by atoms with Crippen molar-refractivity contribution in [2.75, 3.05) is 7.11 Å². The quantitative estimate of drug-likeness (QED) is 0.893. The summed E-state index contributed by atoms with van der Waals surface area (Å²) in [5.41, 5.74) is 9.83. The van der Waals surface area contributed by atoms with Crippen molar-refractivity contribution in [2.45, 2.75) is 26.3 Å². The second-order valence-electron chi connectivity index (χ2n) is 5.54. The summed E-state index contributed by atoms with van der Waals surface area (Å²) in [7, 11) is 1.68. The summed E-state index contributed by atoms with van der Waals surface area (Å²) >= 11 is 0. The standard InChI is InChI=1S/C18H23NO/c1-13(2)18(19)12-14-4-6-15(7-5-14)16-8-10-17(20-3)11-9-16/h4-11,13,18H,12,19H2,1-3H3. The average Bonchev–Trinajstić information content (AvgIpc) is 2.48. The Balaban J connectivity index is 2.10. The molecule has 2 rings (SSSR count). The molecule has 0 heterocycles. The Labute approximate surface area is 121 Å². The molecule has 2 nitrogen and oxygen atoms in total. The summed E-state index contributed by atoms with van der Waals surface area (Å²) in [4.78, 5) is 0. The molecule has 1 atom stereocenters. The van der Waals surface area contributed by atoms with Crippen molar-refractivity contribution >= 4 is 0 Å². The summed E-state index contributed by atoms with van der Waals surface area (Å²) in [5, 5.41) is 0. The van der Waals surface area contributed by atoms with Crippen LogP contribution in [0.1, 0.15) is 19.4 Å². The van der Waals surface area contributed by atoms with E-state index in [4.69, 9.17) is 10.5 Å². The van der Waals surface area contributed by atoms with E-state index in [1.54, 1.807) is 7.11 Å². The van der Waals surface area contributed by atoms with Crippen LogP contribution >= 0.6 is 0 Å². The van der Waals surface area contributed by atoms with Gasteiger partial charge in [-0.05, 0) is 41.2 Å². The zero-order valence-corrected chi connectivity index (χ0v) is 12.5. The molecule has 0 aliphatic rings. The van der Waals surface area contributed by atoms with Crippen LogP contribution < -0.4 is 10.5 Å². The largest absolute Gasteiger partial charge is 0.497 e. The van der Waals surface area contributed by atoms with Gasteiger partial charge in [-0.2, -0.15) is 0 Å². The van der Waals surface area contributed by atoms with Crippen LogP contribution in [0.5, 0.6) is 5.75 Å². The van der Waals surface area contributed by atoms with E-state index in [1.165, 1.54) is 16.7 Å².